The van der Waals surface area contributed by atoms with Crippen molar-refractivity contribution in [3.05, 3.63) is 64.6 Å². The summed E-state index contributed by atoms with van der Waals surface area (Å²) in [4.78, 5) is 35.5. The summed E-state index contributed by atoms with van der Waals surface area (Å²) >= 11 is 0. The number of ketones is 1. The molecule has 4 heterocycles. The molecule has 0 bridgehead atoms. The molecule has 2 aromatic heterocycles. The van der Waals surface area contributed by atoms with Crippen LogP contribution in [0.25, 0.3) is 11.4 Å². The number of benzene rings is 1. The molecule has 1 amide bonds. The minimum atomic E-state index is -0.818. The van der Waals surface area contributed by atoms with Gasteiger partial charge < -0.3 is 28.6 Å². The molecule has 0 spiro atoms. The number of nitrogens with zero attached hydrogens (tertiary/aromatic N) is 4. The number of rotatable bonds is 9. The van der Waals surface area contributed by atoms with Crippen LogP contribution in [0, 0.1) is 13.8 Å². The van der Waals surface area contributed by atoms with E-state index in [1.807, 2.05) is 56.5 Å². The SMILES string of the molecule is CCOc1ccc(C2/C(=C(\O)c3nc4c(C)cccn4c3C)C(=O)C(=O)N2CCN2CCOCC2)cc1OCC. The van der Waals surface area contributed by atoms with Gasteiger partial charge in [-0.25, -0.2) is 4.98 Å². The highest BCUT2D eigenvalue weighted by Crippen LogP contribution is 2.42. The number of imidazole rings is 1. The fourth-order valence-electron chi connectivity index (χ4n) is 5.44. The molecule has 212 valence electrons. The number of likely N-dealkylation sites (tertiary alicyclic amines) is 1. The summed E-state index contributed by atoms with van der Waals surface area (Å²) in [7, 11) is 0. The van der Waals surface area contributed by atoms with Crippen molar-refractivity contribution < 1.29 is 28.9 Å². The molecule has 1 N–H and O–H groups in total. The molecule has 1 atom stereocenters. The van der Waals surface area contributed by atoms with E-state index in [0.717, 1.165) is 18.7 Å². The first-order valence-corrected chi connectivity index (χ1v) is 13.8. The van der Waals surface area contributed by atoms with E-state index in [1.54, 1.807) is 17.0 Å². The second-order valence-electron chi connectivity index (χ2n) is 9.95. The molecule has 0 radical (unpaired) electrons. The molecule has 2 aliphatic rings. The first kappa shape index (κ1) is 27.7. The standard InChI is InChI=1S/C30H36N4O6/c1-5-39-22-10-9-21(18-23(22)40-6-2)26-24(27(35)25-20(4)33-11-7-8-19(3)29(33)31-25)28(36)30(37)34(26)13-12-32-14-16-38-17-15-32/h7-11,18,26,35H,5-6,12-17H2,1-4H3/b27-24+. The third-order valence-electron chi connectivity index (χ3n) is 7.49. The highest BCUT2D eigenvalue weighted by molar-refractivity contribution is 6.46. The van der Waals surface area contributed by atoms with Crippen molar-refractivity contribution >= 4 is 23.1 Å². The number of morpholine rings is 1. The van der Waals surface area contributed by atoms with Gasteiger partial charge in [0.05, 0.1) is 43.7 Å². The number of aliphatic hydroxyl groups is 1. The predicted molar refractivity (Wildman–Crippen MR) is 150 cm³/mol. The summed E-state index contributed by atoms with van der Waals surface area (Å²) < 4.78 is 18.9. The molecular weight excluding hydrogens is 512 g/mol. The number of aromatic nitrogens is 2. The molecule has 5 rings (SSSR count). The van der Waals surface area contributed by atoms with Crippen LogP contribution < -0.4 is 9.47 Å². The third kappa shape index (κ3) is 5.04. The van der Waals surface area contributed by atoms with E-state index in [9.17, 15) is 14.7 Å². The van der Waals surface area contributed by atoms with Gasteiger partial charge in [-0.15, -0.1) is 0 Å². The number of aliphatic hydroxyl groups excluding tert-OH is 1. The van der Waals surface area contributed by atoms with Gasteiger partial charge in [0.2, 0.25) is 0 Å². The van der Waals surface area contributed by atoms with Gasteiger partial charge in [-0.2, -0.15) is 0 Å². The third-order valence-corrected chi connectivity index (χ3v) is 7.49. The van der Waals surface area contributed by atoms with Crippen molar-refractivity contribution in [2.45, 2.75) is 33.7 Å². The van der Waals surface area contributed by atoms with E-state index in [4.69, 9.17) is 14.2 Å². The van der Waals surface area contributed by atoms with Crippen molar-refractivity contribution in [1.29, 1.82) is 0 Å². The van der Waals surface area contributed by atoms with Gasteiger partial charge in [-0.3, -0.25) is 14.5 Å². The van der Waals surface area contributed by atoms with Gasteiger partial charge in [0, 0.05) is 32.4 Å². The summed E-state index contributed by atoms with van der Waals surface area (Å²) in [5, 5.41) is 11.7. The number of hydrogen-bond donors (Lipinski definition) is 1. The maximum atomic E-state index is 13.6. The zero-order valence-corrected chi connectivity index (χ0v) is 23.5. The zero-order chi connectivity index (χ0) is 28.4. The Balaban J connectivity index is 1.63. The van der Waals surface area contributed by atoms with Gasteiger partial charge in [0.25, 0.3) is 11.7 Å². The van der Waals surface area contributed by atoms with Gasteiger partial charge in [-0.05, 0) is 57.0 Å². The highest BCUT2D eigenvalue weighted by Gasteiger charge is 2.46. The molecule has 1 aromatic carbocycles. The minimum Gasteiger partial charge on any atom is -0.505 e. The van der Waals surface area contributed by atoms with Crippen LogP contribution in [0.3, 0.4) is 0 Å². The average Bonchev–Trinajstić information content (AvgIpc) is 3.43. The fraction of sp³-hybridized carbons (Fsp3) is 0.433. The maximum Gasteiger partial charge on any atom is 0.295 e. The lowest BCUT2D eigenvalue weighted by Crippen LogP contribution is -2.42. The van der Waals surface area contributed by atoms with Gasteiger partial charge in [0.15, 0.2) is 17.3 Å². The van der Waals surface area contributed by atoms with Crippen LogP contribution in [0.2, 0.25) is 0 Å². The van der Waals surface area contributed by atoms with Crippen LogP contribution in [0.4, 0.5) is 0 Å². The Labute approximate surface area is 233 Å². The molecule has 0 saturated carbocycles. The van der Waals surface area contributed by atoms with Crippen molar-refractivity contribution in [3.8, 4) is 11.5 Å². The molecule has 1 unspecified atom stereocenters. The van der Waals surface area contributed by atoms with E-state index in [-0.39, 0.29) is 17.0 Å². The van der Waals surface area contributed by atoms with Gasteiger partial charge >= 0.3 is 0 Å². The topological polar surface area (TPSA) is 106 Å². The maximum absolute atomic E-state index is 13.6. The first-order valence-electron chi connectivity index (χ1n) is 13.8. The number of hydrogen-bond acceptors (Lipinski definition) is 8. The van der Waals surface area contributed by atoms with E-state index < -0.39 is 17.7 Å². The number of carbonyl (C=O) groups excluding carboxylic acids is 2. The summed E-state index contributed by atoms with van der Waals surface area (Å²) in [6.07, 6.45) is 1.86. The number of Topliss-reactive ketones (excluding diaryl/α,β-unsaturated/α-hetero) is 1. The Morgan fingerprint density at radius 2 is 1.77 bits per heavy atom. The van der Waals surface area contributed by atoms with E-state index in [0.29, 0.717) is 67.9 Å². The summed E-state index contributed by atoms with van der Waals surface area (Å²) in [6, 6.07) is 8.42. The van der Waals surface area contributed by atoms with Crippen LogP contribution in [0.5, 0.6) is 11.5 Å². The summed E-state index contributed by atoms with van der Waals surface area (Å²) in [5.41, 5.74) is 3.23. The Morgan fingerprint density at radius 1 is 1.05 bits per heavy atom. The van der Waals surface area contributed by atoms with Crippen LogP contribution in [-0.4, -0.2) is 88.6 Å². The zero-order valence-electron chi connectivity index (χ0n) is 23.5. The second-order valence-corrected chi connectivity index (χ2v) is 9.95. The Hall–Kier alpha value is -3.89. The van der Waals surface area contributed by atoms with Crippen molar-refractivity contribution in [2.75, 3.05) is 52.6 Å². The molecule has 0 aliphatic carbocycles. The van der Waals surface area contributed by atoms with Crippen LogP contribution in [0.15, 0.2) is 42.1 Å². The number of amides is 1. The Bertz CT molecular complexity index is 1460. The monoisotopic (exact) mass is 548 g/mol. The number of aryl methyl sites for hydroxylation is 2. The molecule has 2 fully saturated rings. The largest absolute Gasteiger partial charge is 0.505 e. The average molecular weight is 549 g/mol. The number of fused-ring (bicyclic) bond motifs is 1. The number of carbonyl (C=O) groups is 2. The summed E-state index contributed by atoms with van der Waals surface area (Å²) in [6.45, 7) is 12.1. The quantitative estimate of drug-likeness (QED) is 0.246. The Morgan fingerprint density at radius 3 is 2.48 bits per heavy atom. The second kappa shape index (κ2) is 11.7. The predicted octanol–water partition coefficient (Wildman–Crippen LogP) is 3.50. The van der Waals surface area contributed by atoms with Gasteiger partial charge in [0.1, 0.15) is 11.3 Å². The normalized spacial score (nSPS) is 19.5. The Kier molecular flexibility index (Phi) is 8.09. The van der Waals surface area contributed by atoms with Crippen molar-refractivity contribution in [1.82, 2.24) is 19.2 Å². The summed E-state index contributed by atoms with van der Waals surface area (Å²) in [5.74, 6) is -0.580. The van der Waals surface area contributed by atoms with Crippen LogP contribution in [-0.2, 0) is 14.3 Å². The lowest BCUT2D eigenvalue weighted by molar-refractivity contribution is -0.140. The lowest BCUT2D eigenvalue weighted by Gasteiger charge is -2.31. The van der Waals surface area contributed by atoms with Crippen LogP contribution in [0.1, 0.15) is 42.4 Å². The molecule has 10 heteroatoms. The van der Waals surface area contributed by atoms with E-state index >= 15 is 0 Å². The molecule has 2 aliphatic heterocycles. The van der Waals surface area contributed by atoms with Crippen molar-refractivity contribution in [3.63, 3.8) is 0 Å². The molecule has 2 saturated heterocycles. The first-order chi connectivity index (χ1) is 19.3. The van der Waals surface area contributed by atoms with E-state index in [2.05, 4.69) is 9.88 Å². The molecule has 10 nitrogen and oxygen atoms in total. The van der Waals surface area contributed by atoms with Gasteiger partial charge in [-0.1, -0.05) is 12.1 Å². The number of pyridine rings is 1. The molecule has 3 aromatic rings. The molecule has 40 heavy (non-hydrogen) atoms. The highest BCUT2D eigenvalue weighted by atomic mass is 16.5. The van der Waals surface area contributed by atoms with Crippen LogP contribution >= 0.6 is 0 Å². The lowest BCUT2D eigenvalue weighted by atomic mass is 9.96. The fourth-order valence-corrected chi connectivity index (χ4v) is 5.44. The van der Waals surface area contributed by atoms with Crippen molar-refractivity contribution in [2.24, 2.45) is 0 Å². The smallest absolute Gasteiger partial charge is 0.295 e. The van der Waals surface area contributed by atoms with E-state index in [1.165, 1.54) is 0 Å². The minimum absolute atomic E-state index is 0.0164. The molecular formula is C30H36N4O6. The number of ether oxygens (including phenoxy) is 3.